The van der Waals surface area contributed by atoms with Gasteiger partial charge in [0.25, 0.3) is 5.89 Å². The van der Waals surface area contributed by atoms with E-state index in [2.05, 4.69) is 29.3 Å². The molecular formula is C13H17N3O2. The van der Waals surface area contributed by atoms with E-state index < -0.39 is 0 Å². The lowest BCUT2D eigenvalue weighted by Crippen LogP contribution is -2.22. The molecule has 2 aromatic rings. The molecule has 18 heavy (non-hydrogen) atoms. The molecule has 1 N–H and O–H groups in total. The molecular weight excluding hydrogens is 230 g/mol. The quantitative estimate of drug-likeness (QED) is 0.847. The Morgan fingerprint density at radius 3 is 2.78 bits per heavy atom. The molecule has 0 aliphatic heterocycles. The topological polar surface area (TPSA) is 60.2 Å². The summed E-state index contributed by atoms with van der Waals surface area (Å²) in [4.78, 5) is 4.23. The van der Waals surface area contributed by atoms with Gasteiger partial charge in [-0.1, -0.05) is 37.2 Å². The fourth-order valence-corrected chi connectivity index (χ4v) is 1.38. The van der Waals surface area contributed by atoms with E-state index in [0.717, 1.165) is 5.75 Å². The Morgan fingerprint density at radius 1 is 1.28 bits per heavy atom. The van der Waals surface area contributed by atoms with Gasteiger partial charge in [-0.2, -0.15) is 4.98 Å². The summed E-state index contributed by atoms with van der Waals surface area (Å²) in [5.41, 5.74) is 0. The molecule has 0 amide bonds. The molecule has 1 aromatic heterocycles. The normalized spacial score (nSPS) is 10.8. The van der Waals surface area contributed by atoms with E-state index in [1.54, 1.807) is 0 Å². The third-order valence-electron chi connectivity index (χ3n) is 2.28. The summed E-state index contributed by atoms with van der Waals surface area (Å²) >= 11 is 0. The SMILES string of the molecule is CC(C)NCc1noc(COc2ccccc2)n1. The minimum absolute atomic E-state index is 0.290. The van der Waals surface area contributed by atoms with Gasteiger partial charge in [-0.05, 0) is 12.1 Å². The van der Waals surface area contributed by atoms with Crippen LogP contribution >= 0.6 is 0 Å². The fraction of sp³-hybridized carbons (Fsp3) is 0.385. The van der Waals surface area contributed by atoms with E-state index in [1.165, 1.54) is 0 Å². The zero-order valence-electron chi connectivity index (χ0n) is 10.6. The van der Waals surface area contributed by atoms with E-state index in [4.69, 9.17) is 9.26 Å². The maximum absolute atomic E-state index is 5.51. The van der Waals surface area contributed by atoms with Crippen molar-refractivity contribution in [2.45, 2.75) is 33.0 Å². The Kier molecular flexibility index (Phi) is 4.30. The molecule has 1 aromatic carbocycles. The van der Waals surface area contributed by atoms with Crippen LogP contribution in [0.1, 0.15) is 25.6 Å². The molecule has 0 fully saturated rings. The maximum atomic E-state index is 5.51. The van der Waals surface area contributed by atoms with Gasteiger partial charge in [0.15, 0.2) is 12.4 Å². The molecule has 0 atom stereocenters. The summed E-state index contributed by atoms with van der Waals surface area (Å²) in [6, 6.07) is 9.94. The number of para-hydroxylation sites is 1. The lowest BCUT2D eigenvalue weighted by atomic mass is 10.3. The highest BCUT2D eigenvalue weighted by molar-refractivity contribution is 5.20. The lowest BCUT2D eigenvalue weighted by molar-refractivity contribution is 0.242. The molecule has 5 heteroatoms. The highest BCUT2D eigenvalue weighted by Gasteiger charge is 2.07. The van der Waals surface area contributed by atoms with Crippen molar-refractivity contribution in [3.63, 3.8) is 0 Å². The van der Waals surface area contributed by atoms with Crippen molar-refractivity contribution in [2.24, 2.45) is 0 Å². The van der Waals surface area contributed by atoms with Gasteiger partial charge in [-0.25, -0.2) is 0 Å². The van der Waals surface area contributed by atoms with Crippen molar-refractivity contribution >= 4 is 0 Å². The smallest absolute Gasteiger partial charge is 0.264 e. The lowest BCUT2D eigenvalue weighted by Gasteiger charge is -2.03. The second-order valence-electron chi connectivity index (χ2n) is 4.24. The van der Waals surface area contributed by atoms with Gasteiger partial charge in [0, 0.05) is 6.04 Å². The van der Waals surface area contributed by atoms with Crippen molar-refractivity contribution < 1.29 is 9.26 Å². The first-order chi connectivity index (χ1) is 8.74. The second kappa shape index (κ2) is 6.16. The monoisotopic (exact) mass is 247 g/mol. The van der Waals surface area contributed by atoms with Crippen LogP contribution in [0.2, 0.25) is 0 Å². The first-order valence-electron chi connectivity index (χ1n) is 5.97. The van der Waals surface area contributed by atoms with Crippen molar-refractivity contribution in [1.29, 1.82) is 0 Å². The van der Waals surface area contributed by atoms with Crippen LogP contribution in [0.3, 0.4) is 0 Å². The van der Waals surface area contributed by atoms with Crippen molar-refractivity contribution in [2.75, 3.05) is 0 Å². The molecule has 0 aliphatic rings. The third-order valence-corrected chi connectivity index (χ3v) is 2.28. The molecule has 96 valence electrons. The molecule has 0 saturated carbocycles. The van der Waals surface area contributed by atoms with Crippen LogP contribution in [0.4, 0.5) is 0 Å². The summed E-state index contributed by atoms with van der Waals surface area (Å²) < 4.78 is 10.6. The fourth-order valence-electron chi connectivity index (χ4n) is 1.38. The van der Waals surface area contributed by atoms with Crippen LogP contribution in [0.25, 0.3) is 0 Å². The van der Waals surface area contributed by atoms with Crippen LogP contribution in [0.15, 0.2) is 34.9 Å². The summed E-state index contributed by atoms with van der Waals surface area (Å²) in [5.74, 6) is 1.92. The number of rotatable bonds is 6. The maximum Gasteiger partial charge on any atom is 0.264 e. The zero-order chi connectivity index (χ0) is 12.8. The third kappa shape index (κ3) is 3.85. The highest BCUT2D eigenvalue weighted by Crippen LogP contribution is 2.10. The summed E-state index contributed by atoms with van der Waals surface area (Å²) in [7, 11) is 0. The predicted molar refractivity (Wildman–Crippen MR) is 67.0 cm³/mol. The number of nitrogens with zero attached hydrogens (tertiary/aromatic N) is 2. The second-order valence-corrected chi connectivity index (χ2v) is 4.24. The van der Waals surface area contributed by atoms with E-state index >= 15 is 0 Å². The van der Waals surface area contributed by atoms with Gasteiger partial charge >= 0.3 is 0 Å². The van der Waals surface area contributed by atoms with Crippen molar-refractivity contribution in [3.8, 4) is 5.75 Å². The van der Waals surface area contributed by atoms with Crippen LogP contribution in [-0.4, -0.2) is 16.2 Å². The number of benzene rings is 1. The van der Waals surface area contributed by atoms with Gasteiger partial charge in [0.2, 0.25) is 0 Å². The van der Waals surface area contributed by atoms with Gasteiger partial charge in [0.1, 0.15) is 5.75 Å². The number of nitrogens with one attached hydrogen (secondary N) is 1. The van der Waals surface area contributed by atoms with Crippen LogP contribution < -0.4 is 10.1 Å². The Labute approximate surface area is 106 Å². The molecule has 0 unspecified atom stereocenters. The Balaban J connectivity index is 1.83. The molecule has 0 aliphatic carbocycles. The Morgan fingerprint density at radius 2 is 2.06 bits per heavy atom. The van der Waals surface area contributed by atoms with E-state index in [-0.39, 0.29) is 0 Å². The van der Waals surface area contributed by atoms with Gasteiger partial charge < -0.3 is 14.6 Å². The van der Waals surface area contributed by atoms with E-state index in [1.807, 2.05) is 30.3 Å². The number of hydrogen-bond acceptors (Lipinski definition) is 5. The van der Waals surface area contributed by atoms with Crippen molar-refractivity contribution in [3.05, 3.63) is 42.0 Å². The highest BCUT2D eigenvalue weighted by atomic mass is 16.5. The predicted octanol–water partition coefficient (Wildman–Crippen LogP) is 2.15. The molecule has 5 nitrogen and oxygen atoms in total. The van der Waals surface area contributed by atoms with E-state index in [0.29, 0.717) is 30.9 Å². The molecule has 0 bridgehead atoms. The minimum Gasteiger partial charge on any atom is -0.484 e. The minimum atomic E-state index is 0.290. The zero-order valence-corrected chi connectivity index (χ0v) is 10.6. The molecule has 0 radical (unpaired) electrons. The van der Waals surface area contributed by atoms with E-state index in [9.17, 15) is 0 Å². The standard InChI is InChI=1S/C13H17N3O2/c1-10(2)14-8-12-15-13(18-16-12)9-17-11-6-4-3-5-7-11/h3-7,10,14H,8-9H2,1-2H3. The van der Waals surface area contributed by atoms with Gasteiger partial charge in [0.05, 0.1) is 6.54 Å². The first-order valence-corrected chi connectivity index (χ1v) is 5.97. The average molecular weight is 247 g/mol. The van der Waals surface area contributed by atoms with Crippen LogP contribution in [0.5, 0.6) is 5.75 Å². The summed E-state index contributed by atoms with van der Waals surface area (Å²) in [6.07, 6.45) is 0. The largest absolute Gasteiger partial charge is 0.484 e. The van der Waals surface area contributed by atoms with Gasteiger partial charge in [-0.3, -0.25) is 0 Å². The Bertz CT molecular complexity index is 468. The number of hydrogen-bond donors (Lipinski definition) is 1. The summed E-state index contributed by atoms with van der Waals surface area (Å²) in [6.45, 7) is 5.03. The van der Waals surface area contributed by atoms with Crippen molar-refractivity contribution in [1.82, 2.24) is 15.5 Å². The summed E-state index contributed by atoms with van der Waals surface area (Å²) in [5, 5.41) is 7.09. The Hall–Kier alpha value is -1.88. The first kappa shape index (κ1) is 12.6. The molecule has 0 saturated heterocycles. The molecule has 0 spiro atoms. The molecule has 1 heterocycles. The van der Waals surface area contributed by atoms with Crippen LogP contribution in [0, 0.1) is 0 Å². The number of aromatic nitrogens is 2. The van der Waals surface area contributed by atoms with Gasteiger partial charge in [-0.15, -0.1) is 0 Å². The number of ether oxygens (including phenoxy) is 1. The van der Waals surface area contributed by atoms with Crippen LogP contribution in [-0.2, 0) is 13.2 Å². The molecule has 2 rings (SSSR count). The average Bonchev–Trinajstić information content (AvgIpc) is 2.83.